The molecule has 6 heteroatoms. The molecule has 0 saturated carbocycles. The Kier molecular flexibility index (Phi) is 2.32. The van der Waals surface area contributed by atoms with E-state index in [4.69, 9.17) is 17.3 Å². The Morgan fingerprint density at radius 3 is 2.80 bits per heavy atom. The summed E-state index contributed by atoms with van der Waals surface area (Å²) in [4.78, 5) is 14.4. The van der Waals surface area contributed by atoms with Crippen LogP contribution in [0.25, 0.3) is 0 Å². The van der Waals surface area contributed by atoms with Crippen molar-refractivity contribution >= 4 is 23.5 Å². The van der Waals surface area contributed by atoms with Gasteiger partial charge in [-0.3, -0.25) is 0 Å². The second-order valence-electron chi connectivity index (χ2n) is 3.09. The molecule has 1 aliphatic heterocycles. The summed E-state index contributed by atoms with van der Waals surface area (Å²) in [6.07, 6.45) is 0. The zero-order chi connectivity index (χ0) is 11.0. The van der Waals surface area contributed by atoms with Gasteiger partial charge in [0.25, 0.3) is 0 Å². The van der Waals surface area contributed by atoms with Gasteiger partial charge in [-0.1, -0.05) is 17.7 Å². The molecule has 0 saturated heterocycles. The molecule has 2 rings (SSSR count). The highest BCUT2D eigenvalue weighted by Crippen LogP contribution is 2.22. The topological polar surface area (TPSA) is 67.5 Å². The van der Waals surface area contributed by atoms with Crippen LogP contribution in [0.1, 0.15) is 11.6 Å². The number of hydrogen-bond donors (Lipinski definition) is 2. The van der Waals surface area contributed by atoms with Crippen molar-refractivity contribution in [3.05, 3.63) is 34.6 Å². The van der Waals surface area contributed by atoms with E-state index in [9.17, 15) is 9.18 Å². The smallest absolute Gasteiger partial charge is 0.343 e. The van der Waals surface area contributed by atoms with Gasteiger partial charge < -0.3 is 11.1 Å². The first-order valence-electron chi connectivity index (χ1n) is 4.17. The van der Waals surface area contributed by atoms with Gasteiger partial charge in [0.05, 0.1) is 5.02 Å². The van der Waals surface area contributed by atoms with Crippen molar-refractivity contribution in [1.29, 1.82) is 0 Å². The number of amides is 2. The third kappa shape index (κ3) is 1.78. The van der Waals surface area contributed by atoms with Crippen LogP contribution in [0.4, 0.5) is 9.18 Å². The molecule has 0 radical (unpaired) electrons. The number of hydrogen-bond acceptors (Lipinski definition) is 2. The largest absolute Gasteiger partial charge is 0.385 e. The van der Waals surface area contributed by atoms with Crippen LogP contribution in [0.15, 0.2) is 23.2 Å². The first-order chi connectivity index (χ1) is 7.08. The Morgan fingerprint density at radius 1 is 1.53 bits per heavy atom. The number of benzene rings is 1. The molecule has 0 fully saturated rings. The molecule has 1 atom stereocenters. The number of carbonyl (C=O) groups is 1. The summed E-state index contributed by atoms with van der Waals surface area (Å²) in [6.45, 7) is 0. The maximum Gasteiger partial charge on any atom is 0.343 e. The van der Waals surface area contributed by atoms with Crippen LogP contribution >= 0.6 is 11.6 Å². The molecule has 4 nitrogen and oxygen atoms in total. The van der Waals surface area contributed by atoms with Crippen molar-refractivity contribution in [3.63, 3.8) is 0 Å². The summed E-state index contributed by atoms with van der Waals surface area (Å²) in [6, 6.07) is 3.11. The molecule has 1 aromatic carbocycles. The van der Waals surface area contributed by atoms with E-state index in [2.05, 4.69) is 10.3 Å². The lowest BCUT2D eigenvalue weighted by molar-refractivity contribution is 0.250. The van der Waals surface area contributed by atoms with Crippen LogP contribution in [0.3, 0.4) is 0 Å². The fourth-order valence-electron chi connectivity index (χ4n) is 1.36. The number of nitrogens with zero attached hydrogens (tertiary/aromatic N) is 1. The van der Waals surface area contributed by atoms with Crippen molar-refractivity contribution in [2.75, 3.05) is 0 Å². The van der Waals surface area contributed by atoms with Crippen LogP contribution in [0.2, 0.25) is 5.02 Å². The monoisotopic (exact) mass is 227 g/mol. The summed E-state index contributed by atoms with van der Waals surface area (Å²) in [5, 5.41) is 2.51. The molecule has 3 N–H and O–H groups in total. The Balaban J connectivity index is 2.35. The fourth-order valence-corrected chi connectivity index (χ4v) is 1.55. The second-order valence-corrected chi connectivity index (χ2v) is 3.50. The number of aliphatic imine (C=N–C) groups is 1. The Hall–Kier alpha value is -1.62. The number of urea groups is 1. The van der Waals surface area contributed by atoms with E-state index in [1.807, 2.05) is 0 Å². The average molecular weight is 228 g/mol. The minimum atomic E-state index is -0.518. The van der Waals surface area contributed by atoms with Crippen molar-refractivity contribution in [2.45, 2.75) is 6.04 Å². The Morgan fingerprint density at radius 2 is 2.27 bits per heavy atom. The maximum atomic E-state index is 12.9. The van der Waals surface area contributed by atoms with Crippen LogP contribution in [-0.4, -0.2) is 11.9 Å². The number of halogens is 2. The average Bonchev–Trinajstić information content (AvgIpc) is 2.50. The lowest BCUT2D eigenvalue weighted by atomic mass is 10.1. The quantitative estimate of drug-likeness (QED) is 0.765. The minimum absolute atomic E-state index is 0.0125. The predicted octanol–water partition coefficient (Wildman–Crippen LogP) is 1.60. The normalized spacial score (nSPS) is 20.0. The van der Waals surface area contributed by atoms with Crippen LogP contribution in [-0.2, 0) is 0 Å². The first kappa shape index (κ1) is 9.92. The van der Waals surface area contributed by atoms with Crippen molar-refractivity contribution in [1.82, 2.24) is 5.32 Å². The third-order valence-electron chi connectivity index (χ3n) is 2.07. The van der Waals surface area contributed by atoms with Gasteiger partial charge >= 0.3 is 6.03 Å². The van der Waals surface area contributed by atoms with E-state index in [0.29, 0.717) is 5.56 Å². The minimum Gasteiger partial charge on any atom is -0.385 e. The lowest BCUT2D eigenvalue weighted by Gasteiger charge is -2.10. The fraction of sp³-hybridized carbons (Fsp3) is 0.111. The standard InChI is InChI=1S/C9H7ClFN3O/c10-5-3-4(1-2-6(5)11)7-8(12)14-9(15)13-7/h1-3,7H,(H3,12,13,14,15). The van der Waals surface area contributed by atoms with E-state index in [0.717, 1.165) is 0 Å². The predicted molar refractivity (Wildman–Crippen MR) is 54.3 cm³/mol. The molecular formula is C9H7ClFN3O. The Bertz CT molecular complexity index is 461. The van der Waals surface area contributed by atoms with Crippen LogP contribution in [0.5, 0.6) is 0 Å². The highest BCUT2D eigenvalue weighted by molar-refractivity contribution is 6.30. The molecule has 0 bridgehead atoms. The van der Waals surface area contributed by atoms with E-state index >= 15 is 0 Å². The SMILES string of the molecule is NC1=NC(=O)NC1c1ccc(F)c(Cl)c1. The molecule has 0 aliphatic carbocycles. The first-order valence-corrected chi connectivity index (χ1v) is 4.55. The van der Waals surface area contributed by atoms with E-state index in [1.54, 1.807) is 0 Å². The molecule has 1 aromatic rings. The van der Waals surface area contributed by atoms with Crippen molar-refractivity contribution in [3.8, 4) is 0 Å². The highest BCUT2D eigenvalue weighted by atomic mass is 35.5. The lowest BCUT2D eigenvalue weighted by Crippen LogP contribution is -2.27. The number of nitrogens with two attached hydrogens (primary N) is 1. The number of amidine groups is 1. The highest BCUT2D eigenvalue weighted by Gasteiger charge is 2.25. The molecule has 1 heterocycles. The molecule has 1 unspecified atom stereocenters. The summed E-state index contributed by atoms with van der Waals surface area (Å²) >= 11 is 5.61. The number of rotatable bonds is 1. The van der Waals surface area contributed by atoms with Gasteiger partial charge in [0, 0.05) is 0 Å². The van der Waals surface area contributed by atoms with Gasteiger partial charge in [-0.15, -0.1) is 0 Å². The van der Waals surface area contributed by atoms with Gasteiger partial charge in [-0.2, -0.15) is 4.99 Å². The summed E-state index contributed by atoms with van der Waals surface area (Å²) in [5.74, 6) is -0.358. The molecule has 0 aromatic heterocycles. The summed E-state index contributed by atoms with van der Waals surface area (Å²) < 4.78 is 12.9. The Labute approximate surface area is 89.9 Å². The van der Waals surface area contributed by atoms with Gasteiger partial charge in [0.2, 0.25) is 0 Å². The summed E-state index contributed by atoms with van der Waals surface area (Å²) in [5.41, 5.74) is 6.12. The second kappa shape index (κ2) is 3.51. The molecule has 15 heavy (non-hydrogen) atoms. The van der Waals surface area contributed by atoms with E-state index in [1.165, 1.54) is 18.2 Å². The van der Waals surface area contributed by atoms with E-state index in [-0.39, 0.29) is 10.9 Å². The maximum absolute atomic E-state index is 12.9. The summed E-state index contributed by atoms with van der Waals surface area (Å²) in [7, 11) is 0. The third-order valence-corrected chi connectivity index (χ3v) is 2.36. The number of carbonyl (C=O) groups excluding carboxylic acids is 1. The van der Waals surface area contributed by atoms with Gasteiger partial charge in [-0.05, 0) is 17.7 Å². The molecule has 0 spiro atoms. The van der Waals surface area contributed by atoms with Crippen molar-refractivity contribution < 1.29 is 9.18 Å². The van der Waals surface area contributed by atoms with Gasteiger partial charge in [-0.25, -0.2) is 9.18 Å². The molecule has 78 valence electrons. The molecular weight excluding hydrogens is 221 g/mol. The van der Waals surface area contributed by atoms with Crippen LogP contribution in [0, 0.1) is 5.82 Å². The zero-order valence-corrected chi connectivity index (χ0v) is 8.25. The van der Waals surface area contributed by atoms with Gasteiger partial charge in [0.1, 0.15) is 17.7 Å². The van der Waals surface area contributed by atoms with E-state index < -0.39 is 17.9 Å². The van der Waals surface area contributed by atoms with Crippen molar-refractivity contribution in [2.24, 2.45) is 10.7 Å². The number of nitrogens with one attached hydrogen (secondary N) is 1. The molecule has 1 aliphatic rings. The molecule has 2 amide bonds. The zero-order valence-electron chi connectivity index (χ0n) is 7.50. The van der Waals surface area contributed by atoms with Gasteiger partial charge in [0.15, 0.2) is 0 Å². The van der Waals surface area contributed by atoms with Crippen LogP contribution < -0.4 is 11.1 Å².